The van der Waals surface area contributed by atoms with Gasteiger partial charge in [-0.15, -0.1) is 0 Å². The van der Waals surface area contributed by atoms with Crippen LogP contribution >= 0.6 is 0 Å². The molecule has 2 N–H and O–H groups in total. The zero-order valence-corrected chi connectivity index (χ0v) is 15.1. The summed E-state index contributed by atoms with van der Waals surface area (Å²) in [6.07, 6.45) is 3.31. The van der Waals surface area contributed by atoms with Gasteiger partial charge in [0.25, 0.3) is 0 Å². The van der Waals surface area contributed by atoms with Crippen LogP contribution in [0, 0.1) is 5.82 Å². The Morgan fingerprint density at radius 2 is 1.74 bits per heavy atom. The topological polar surface area (TPSA) is 75.3 Å². The van der Waals surface area contributed by atoms with Crippen LogP contribution in [0.15, 0.2) is 36.4 Å². The molecule has 1 aliphatic carbocycles. The molecule has 0 bridgehead atoms. The molecule has 27 heavy (non-hydrogen) atoms. The fourth-order valence-corrected chi connectivity index (χ4v) is 3.23. The maximum Gasteiger partial charge on any atom is 0.224 e. The Labute approximate surface area is 157 Å². The van der Waals surface area contributed by atoms with Crippen LogP contribution in [-0.4, -0.2) is 17.6 Å². The molecule has 1 aliphatic rings. The Hall–Kier alpha value is -3.02. The second-order valence-electron chi connectivity index (χ2n) is 6.68. The molecule has 3 rings (SSSR count). The number of hydrogen-bond acceptors (Lipinski definition) is 3. The van der Waals surface area contributed by atoms with Gasteiger partial charge in [0, 0.05) is 31.0 Å². The summed E-state index contributed by atoms with van der Waals surface area (Å²) in [5.41, 5.74) is 3.51. The first-order valence-corrected chi connectivity index (χ1v) is 8.94. The first kappa shape index (κ1) is 18.8. The van der Waals surface area contributed by atoms with Gasteiger partial charge in [-0.25, -0.2) is 4.39 Å². The van der Waals surface area contributed by atoms with Crippen molar-refractivity contribution in [2.75, 3.05) is 10.6 Å². The summed E-state index contributed by atoms with van der Waals surface area (Å²) < 4.78 is 13.6. The number of rotatable bonds is 6. The zero-order valence-electron chi connectivity index (χ0n) is 15.1. The van der Waals surface area contributed by atoms with Crippen molar-refractivity contribution in [2.24, 2.45) is 0 Å². The van der Waals surface area contributed by atoms with E-state index in [4.69, 9.17) is 0 Å². The molecule has 2 aromatic carbocycles. The number of amides is 2. The van der Waals surface area contributed by atoms with E-state index in [0.717, 1.165) is 25.3 Å². The number of benzene rings is 2. The van der Waals surface area contributed by atoms with Gasteiger partial charge in [0.15, 0.2) is 5.78 Å². The van der Waals surface area contributed by atoms with Crippen LogP contribution in [0.25, 0.3) is 0 Å². The summed E-state index contributed by atoms with van der Waals surface area (Å²) >= 11 is 0. The van der Waals surface area contributed by atoms with Gasteiger partial charge < -0.3 is 10.6 Å². The van der Waals surface area contributed by atoms with Crippen LogP contribution in [0.1, 0.15) is 47.7 Å². The fraction of sp³-hybridized carbons (Fsp3) is 0.286. The van der Waals surface area contributed by atoms with Crippen LogP contribution in [0.4, 0.5) is 15.8 Å². The SMILES string of the molecule is CC(=O)Nc1cc(NC(=O)CCC(=O)c2ccc3c(c2)CCC3)ccc1F. The van der Waals surface area contributed by atoms with E-state index in [1.54, 1.807) is 0 Å². The molecule has 0 unspecified atom stereocenters. The molecule has 0 fully saturated rings. The second-order valence-corrected chi connectivity index (χ2v) is 6.68. The van der Waals surface area contributed by atoms with Gasteiger partial charge in [-0.3, -0.25) is 14.4 Å². The third-order valence-electron chi connectivity index (χ3n) is 4.56. The van der Waals surface area contributed by atoms with Gasteiger partial charge in [-0.1, -0.05) is 12.1 Å². The second kappa shape index (κ2) is 8.12. The molecule has 6 heteroatoms. The van der Waals surface area contributed by atoms with E-state index in [0.29, 0.717) is 11.3 Å². The lowest BCUT2D eigenvalue weighted by molar-refractivity contribution is -0.116. The van der Waals surface area contributed by atoms with Gasteiger partial charge >= 0.3 is 0 Å². The summed E-state index contributed by atoms with van der Waals surface area (Å²) in [7, 11) is 0. The molecule has 0 atom stereocenters. The molecular weight excluding hydrogens is 347 g/mol. The first-order chi connectivity index (χ1) is 12.9. The lowest BCUT2D eigenvalue weighted by atomic mass is 10.0. The Kier molecular flexibility index (Phi) is 5.64. The highest BCUT2D eigenvalue weighted by atomic mass is 19.1. The summed E-state index contributed by atoms with van der Waals surface area (Å²) in [5.74, 6) is -1.41. The number of hydrogen-bond donors (Lipinski definition) is 2. The molecular formula is C21H21FN2O3. The smallest absolute Gasteiger partial charge is 0.224 e. The number of fused-ring (bicyclic) bond motifs is 1. The van der Waals surface area contributed by atoms with Crippen LogP contribution in [0.5, 0.6) is 0 Å². The van der Waals surface area contributed by atoms with E-state index in [1.807, 2.05) is 18.2 Å². The third-order valence-corrected chi connectivity index (χ3v) is 4.56. The third kappa shape index (κ3) is 4.78. The number of Topliss-reactive ketones (excluding diaryl/α,β-unsaturated/α-hetero) is 1. The number of anilines is 2. The minimum Gasteiger partial charge on any atom is -0.326 e. The van der Waals surface area contributed by atoms with Gasteiger partial charge in [0.1, 0.15) is 5.82 Å². The molecule has 5 nitrogen and oxygen atoms in total. The Morgan fingerprint density at radius 3 is 2.52 bits per heavy atom. The van der Waals surface area contributed by atoms with Gasteiger partial charge in [0.2, 0.25) is 11.8 Å². The average Bonchev–Trinajstić information content (AvgIpc) is 3.10. The van der Waals surface area contributed by atoms with Crippen molar-refractivity contribution >= 4 is 29.0 Å². The molecule has 0 saturated heterocycles. The van der Waals surface area contributed by atoms with Gasteiger partial charge in [-0.2, -0.15) is 0 Å². The Morgan fingerprint density at radius 1 is 0.963 bits per heavy atom. The van der Waals surface area contributed by atoms with E-state index < -0.39 is 11.7 Å². The lowest BCUT2D eigenvalue weighted by Gasteiger charge is -2.09. The fourth-order valence-electron chi connectivity index (χ4n) is 3.23. The predicted octanol–water partition coefficient (Wildman–Crippen LogP) is 3.87. The molecule has 0 saturated carbocycles. The summed E-state index contributed by atoms with van der Waals surface area (Å²) in [6.45, 7) is 1.27. The molecule has 0 heterocycles. The van der Waals surface area contributed by atoms with Crippen molar-refractivity contribution in [3.63, 3.8) is 0 Å². The first-order valence-electron chi connectivity index (χ1n) is 8.94. The standard InChI is InChI=1S/C21H21FN2O3/c1-13(25)23-19-12-17(7-8-18(19)22)24-21(27)10-9-20(26)16-6-5-14-3-2-4-15(14)11-16/h5-8,11-12H,2-4,9-10H2,1H3,(H,23,25)(H,24,27). The van der Waals surface area contributed by atoms with E-state index in [2.05, 4.69) is 10.6 Å². The molecule has 140 valence electrons. The molecule has 0 radical (unpaired) electrons. The maximum absolute atomic E-state index is 13.6. The zero-order chi connectivity index (χ0) is 19.4. The Bertz CT molecular complexity index is 908. The van der Waals surface area contributed by atoms with Crippen molar-refractivity contribution in [2.45, 2.75) is 39.0 Å². The minimum atomic E-state index is -0.588. The number of aryl methyl sites for hydroxylation is 2. The summed E-state index contributed by atoms with van der Waals surface area (Å²) in [4.78, 5) is 35.5. The van der Waals surface area contributed by atoms with E-state index in [1.165, 1.54) is 30.2 Å². The van der Waals surface area contributed by atoms with Crippen molar-refractivity contribution in [1.29, 1.82) is 0 Å². The van der Waals surface area contributed by atoms with E-state index in [-0.39, 0.29) is 30.2 Å². The largest absolute Gasteiger partial charge is 0.326 e. The van der Waals surface area contributed by atoms with Crippen LogP contribution < -0.4 is 10.6 Å². The quantitative estimate of drug-likeness (QED) is 0.760. The molecule has 2 aromatic rings. The Balaban J connectivity index is 1.56. The lowest BCUT2D eigenvalue weighted by Crippen LogP contribution is -2.14. The number of halogens is 1. The van der Waals surface area contributed by atoms with Crippen molar-refractivity contribution in [1.82, 2.24) is 0 Å². The summed E-state index contributed by atoms with van der Waals surface area (Å²) in [6, 6.07) is 9.67. The number of nitrogens with one attached hydrogen (secondary N) is 2. The van der Waals surface area contributed by atoms with E-state index >= 15 is 0 Å². The van der Waals surface area contributed by atoms with Crippen molar-refractivity contribution < 1.29 is 18.8 Å². The number of ketones is 1. The molecule has 2 amide bonds. The van der Waals surface area contributed by atoms with Crippen molar-refractivity contribution in [3.05, 3.63) is 58.9 Å². The monoisotopic (exact) mass is 368 g/mol. The molecule has 0 aromatic heterocycles. The van der Waals surface area contributed by atoms with Crippen molar-refractivity contribution in [3.8, 4) is 0 Å². The van der Waals surface area contributed by atoms with Gasteiger partial charge in [-0.05, 0) is 54.7 Å². The number of carbonyl (C=O) groups is 3. The normalized spacial score (nSPS) is 12.4. The highest BCUT2D eigenvalue weighted by Gasteiger charge is 2.15. The van der Waals surface area contributed by atoms with Crippen LogP contribution in [-0.2, 0) is 22.4 Å². The molecule has 0 aliphatic heterocycles. The maximum atomic E-state index is 13.6. The van der Waals surface area contributed by atoms with Crippen LogP contribution in [0.3, 0.4) is 0 Å². The molecule has 0 spiro atoms. The highest BCUT2D eigenvalue weighted by molar-refractivity contribution is 6.00. The number of carbonyl (C=O) groups excluding carboxylic acids is 3. The van der Waals surface area contributed by atoms with Crippen LogP contribution in [0.2, 0.25) is 0 Å². The summed E-state index contributed by atoms with van der Waals surface area (Å²) in [5, 5.41) is 4.98. The highest BCUT2D eigenvalue weighted by Crippen LogP contribution is 2.24. The average molecular weight is 368 g/mol. The predicted molar refractivity (Wildman–Crippen MR) is 101 cm³/mol. The van der Waals surface area contributed by atoms with E-state index in [9.17, 15) is 18.8 Å². The minimum absolute atomic E-state index is 0.00508. The van der Waals surface area contributed by atoms with Gasteiger partial charge in [0.05, 0.1) is 5.69 Å².